The molecule has 0 aliphatic carbocycles. The zero-order chi connectivity index (χ0) is 15.2. The van der Waals surface area contributed by atoms with Gasteiger partial charge in [-0.05, 0) is 23.3 Å². The topological polar surface area (TPSA) is 17.1 Å². The van der Waals surface area contributed by atoms with Crippen molar-refractivity contribution in [2.45, 2.75) is 20.0 Å². The van der Waals surface area contributed by atoms with Gasteiger partial charge in [-0.1, -0.05) is 50.2 Å². The molecule has 0 N–H and O–H groups in total. The van der Waals surface area contributed by atoms with Crippen LogP contribution in [0, 0.1) is 0 Å². The summed E-state index contributed by atoms with van der Waals surface area (Å²) in [7, 11) is 0. The first-order valence-corrected chi connectivity index (χ1v) is 6.23. The molecule has 1 nitrogen and oxygen atoms in total. The lowest BCUT2D eigenvalue weighted by atomic mass is 10.0. The number of rotatable bonds is 2. The minimum Gasteiger partial charge on any atom is -0.298 e. The molecule has 0 saturated carbocycles. The quantitative estimate of drug-likeness (QED) is 0.690. The third-order valence-corrected chi connectivity index (χ3v) is 2.59. The van der Waals surface area contributed by atoms with Gasteiger partial charge in [-0.3, -0.25) is 4.79 Å². The fourth-order valence-electron chi connectivity index (χ4n) is 1.61. The molecule has 0 saturated heterocycles. The zero-order valence-electron chi connectivity index (χ0n) is 11.2. The lowest BCUT2D eigenvalue weighted by Gasteiger charge is -2.07. The van der Waals surface area contributed by atoms with Crippen LogP contribution in [0.2, 0.25) is 0 Å². The van der Waals surface area contributed by atoms with Gasteiger partial charge in [0.15, 0.2) is 0 Å². The lowest BCUT2D eigenvalue weighted by molar-refractivity contribution is -0.137. The maximum Gasteiger partial charge on any atom is 0.416 e. The Labute approximate surface area is 116 Å². The molecule has 2 rings (SSSR count). The largest absolute Gasteiger partial charge is 0.416 e. The van der Waals surface area contributed by atoms with Crippen LogP contribution in [0.3, 0.4) is 0 Å². The summed E-state index contributed by atoms with van der Waals surface area (Å²) in [6, 6.07) is 11.6. The van der Waals surface area contributed by atoms with Gasteiger partial charge in [0.1, 0.15) is 6.29 Å². The Morgan fingerprint density at radius 2 is 1.20 bits per heavy atom. The number of benzene rings is 2. The first-order valence-electron chi connectivity index (χ1n) is 6.23. The highest BCUT2D eigenvalue weighted by molar-refractivity contribution is 5.76. The van der Waals surface area contributed by atoms with Crippen LogP contribution < -0.4 is 0 Å². The Balaban J connectivity index is 0.000000956. The van der Waals surface area contributed by atoms with E-state index in [0.29, 0.717) is 11.1 Å². The van der Waals surface area contributed by atoms with E-state index in [0.717, 1.165) is 24.0 Å². The third kappa shape index (κ3) is 3.95. The monoisotopic (exact) mass is 280 g/mol. The molecule has 0 radical (unpaired) electrons. The normalized spacial score (nSPS) is 10.4. The minimum absolute atomic E-state index is 0.533. The van der Waals surface area contributed by atoms with Crippen LogP contribution in [-0.4, -0.2) is 6.29 Å². The second-order valence-corrected chi connectivity index (χ2v) is 3.81. The standard InChI is InChI=1S/C14H9F3O.C2H6/c15-14(16,17)13-7-5-12(6-8-13)11-3-1-10(9-18)2-4-11;1-2/h1-9H;1-2H3. The number of aldehydes is 1. The van der Waals surface area contributed by atoms with Crippen LogP contribution in [0.5, 0.6) is 0 Å². The van der Waals surface area contributed by atoms with Gasteiger partial charge >= 0.3 is 6.18 Å². The van der Waals surface area contributed by atoms with E-state index >= 15 is 0 Å². The zero-order valence-corrected chi connectivity index (χ0v) is 11.2. The van der Waals surface area contributed by atoms with E-state index in [9.17, 15) is 18.0 Å². The van der Waals surface area contributed by atoms with Crippen molar-refractivity contribution in [2.24, 2.45) is 0 Å². The summed E-state index contributed by atoms with van der Waals surface area (Å²) in [6.07, 6.45) is -3.60. The molecule has 0 atom stereocenters. The van der Waals surface area contributed by atoms with E-state index in [1.54, 1.807) is 24.3 Å². The Morgan fingerprint density at radius 3 is 1.55 bits per heavy atom. The van der Waals surface area contributed by atoms with Crippen molar-refractivity contribution in [1.29, 1.82) is 0 Å². The number of hydrogen-bond acceptors (Lipinski definition) is 1. The molecule has 0 aliphatic heterocycles. The van der Waals surface area contributed by atoms with Crippen LogP contribution >= 0.6 is 0 Å². The second-order valence-electron chi connectivity index (χ2n) is 3.81. The van der Waals surface area contributed by atoms with E-state index in [-0.39, 0.29) is 0 Å². The van der Waals surface area contributed by atoms with E-state index in [2.05, 4.69) is 0 Å². The number of halogens is 3. The molecule has 0 bridgehead atoms. The van der Waals surface area contributed by atoms with Crippen molar-refractivity contribution >= 4 is 6.29 Å². The Kier molecular flexibility index (Phi) is 5.50. The molecule has 0 amide bonds. The first-order chi connectivity index (χ1) is 9.50. The SMILES string of the molecule is CC.O=Cc1ccc(-c2ccc(C(F)(F)F)cc2)cc1. The molecular formula is C16H15F3O. The third-order valence-electron chi connectivity index (χ3n) is 2.59. The van der Waals surface area contributed by atoms with Crippen molar-refractivity contribution in [2.75, 3.05) is 0 Å². The van der Waals surface area contributed by atoms with Crippen LogP contribution in [0.25, 0.3) is 11.1 Å². The summed E-state index contributed by atoms with van der Waals surface area (Å²) in [5.41, 5.74) is 1.32. The van der Waals surface area contributed by atoms with Gasteiger partial charge in [0.05, 0.1) is 5.56 Å². The smallest absolute Gasteiger partial charge is 0.298 e. The number of alkyl halides is 3. The van der Waals surface area contributed by atoms with E-state index < -0.39 is 11.7 Å². The number of hydrogen-bond donors (Lipinski definition) is 0. The molecule has 0 aromatic heterocycles. The van der Waals surface area contributed by atoms with E-state index in [4.69, 9.17) is 0 Å². The fraction of sp³-hybridized carbons (Fsp3) is 0.188. The van der Waals surface area contributed by atoms with Gasteiger partial charge in [0.25, 0.3) is 0 Å². The summed E-state index contributed by atoms with van der Waals surface area (Å²) in [4.78, 5) is 10.5. The van der Waals surface area contributed by atoms with Crippen molar-refractivity contribution < 1.29 is 18.0 Å². The Bertz CT molecular complexity index is 539. The van der Waals surface area contributed by atoms with Crippen LogP contribution in [0.1, 0.15) is 29.8 Å². The molecule has 0 fully saturated rings. The van der Waals surface area contributed by atoms with Gasteiger partial charge in [0.2, 0.25) is 0 Å². The molecule has 2 aromatic carbocycles. The van der Waals surface area contributed by atoms with Crippen LogP contribution in [0.15, 0.2) is 48.5 Å². The summed E-state index contributed by atoms with van der Waals surface area (Å²) < 4.78 is 37.1. The molecule has 0 spiro atoms. The second kappa shape index (κ2) is 6.89. The van der Waals surface area contributed by atoms with Gasteiger partial charge in [-0.15, -0.1) is 0 Å². The van der Waals surface area contributed by atoms with Crippen LogP contribution in [0.4, 0.5) is 13.2 Å². The van der Waals surface area contributed by atoms with Gasteiger partial charge in [0, 0.05) is 5.56 Å². The summed E-state index contributed by atoms with van der Waals surface area (Å²) in [5, 5.41) is 0. The lowest BCUT2D eigenvalue weighted by Crippen LogP contribution is -2.03. The van der Waals surface area contributed by atoms with Gasteiger partial charge in [-0.25, -0.2) is 0 Å². The molecule has 0 aliphatic rings. The Hall–Kier alpha value is -2.10. The molecule has 4 heteroatoms. The number of carbonyl (C=O) groups is 1. The highest BCUT2D eigenvalue weighted by Crippen LogP contribution is 2.30. The van der Waals surface area contributed by atoms with E-state index in [1.807, 2.05) is 13.8 Å². The number of carbonyl (C=O) groups excluding carboxylic acids is 1. The molecule has 2 aromatic rings. The molecular weight excluding hydrogens is 265 g/mol. The average molecular weight is 280 g/mol. The van der Waals surface area contributed by atoms with Crippen molar-refractivity contribution in [1.82, 2.24) is 0 Å². The molecule has 0 unspecified atom stereocenters. The highest BCUT2D eigenvalue weighted by Gasteiger charge is 2.29. The van der Waals surface area contributed by atoms with Crippen molar-refractivity contribution in [3.63, 3.8) is 0 Å². The molecule has 106 valence electrons. The highest BCUT2D eigenvalue weighted by atomic mass is 19.4. The van der Waals surface area contributed by atoms with Gasteiger partial charge in [-0.2, -0.15) is 13.2 Å². The first kappa shape index (κ1) is 16.0. The minimum atomic E-state index is -4.32. The summed E-state index contributed by atoms with van der Waals surface area (Å²) >= 11 is 0. The fourth-order valence-corrected chi connectivity index (χ4v) is 1.61. The van der Waals surface area contributed by atoms with Crippen molar-refractivity contribution in [3.05, 3.63) is 59.7 Å². The van der Waals surface area contributed by atoms with E-state index in [1.165, 1.54) is 12.1 Å². The van der Waals surface area contributed by atoms with Gasteiger partial charge < -0.3 is 0 Å². The summed E-state index contributed by atoms with van der Waals surface area (Å²) in [5.74, 6) is 0. The maximum absolute atomic E-state index is 12.4. The average Bonchev–Trinajstić information content (AvgIpc) is 2.49. The van der Waals surface area contributed by atoms with Crippen molar-refractivity contribution in [3.8, 4) is 11.1 Å². The molecule has 20 heavy (non-hydrogen) atoms. The van der Waals surface area contributed by atoms with Crippen LogP contribution in [-0.2, 0) is 6.18 Å². The predicted molar refractivity (Wildman–Crippen MR) is 73.6 cm³/mol. The predicted octanol–water partition coefficient (Wildman–Crippen LogP) is 5.21. The Morgan fingerprint density at radius 1 is 0.800 bits per heavy atom. The summed E-state index contributed by atoms with van der Waals surface area (Å²) in [6.45, 7) is 4.00. The molecule has 0 heterocycles. The maximum atomic E-state index is 12.4.